The average Bonchev–Trinajstić information content (AvgIpc) is 1.67. The molecule has 15 atom stereocenters. The maximum Gasteiger partial charge on any atom is 1.00 e. The van der Waals surface area contributed by atoms with Gasteiger partial charge in [0, 0.05) is 108 Å². The van der Waals surface area contributed by atoms with E-state index in [0.29, 0.717) is 92.0 Å². The molecule has 0 aromatic heterocycles. The van der Waals surface area contributed by atoms with E-state index in [2.05, 4.69) is 60.6 Å². The van der Waals surface area contributed by atoms with Crippen molar-refractivity contribution in [2.75, 3.05) is 105 Å². The largest absolute Gasteiger partial charge is 1.00 e. The molecule has 4 aliphatic heterocycles. The van der Waals surface area contributed by atoms with Crippen LogP contribution in [-0.2, 0) is 61.8 Å². The summed E-state index contributed by atoms with van der Waals surface area (Å²) in [5.74, 6) is -2.28. The Morgan fingerprint density at radius 1 is 0.553 bits per heavy atom. The molecule has 3 fully saturated rings. The second-order valence-electron chi connectivity index (χ2n) is 27.1. The van der Waals surface area contributed by atoms with Gasteiger partial charge in [-0.1, -0.05) is 115 Å². The van der Waals surface area contributed by atoms with Crippen molar-refractivity contribution in [1.29, 1.82) is 0 Å². The molecule has 34 nitrogen and oxygen atoms in total. The zero-order chi connectivity index (χ0) is 92.1. The number of phenolic OH excluding ortho intramolecular Hbond substituents is 1. The van der Waals surface area contributed by atoms with E-state index in [9.17, 15) is 74.4 Å². The van der Waals surface area contributed by atoms with E-state index >= 15 is 0 Å². The number of aliphatic hydroxyl groups excluding tert-OH is 10. The fraction of sp³-hybridized carbons (Fsp3) is 0.570. The summed E-state index contributed by atoms with van der Waals surface area (Å²) < 4.78 is 52.9. The fourth-order valence-electron chi connectivity index (χ4n) is 12.6. The van der Waals surface area contributed by atoms with Crippen LogP contribution in [0.3, 0.4) is 0 Å². The number of benzene rings is 5. The molecule has 2 aliphatic carbocycles. The molecule has 0 saturated carbocycles. The molecular formula is C86H129Cl2N4NaO30. The van der Waals surface area contributed by atoms with Gasteiger partial charge in [-0.05, 0) is 129 Å². The number of ether oxygens (including phenoxy) is 9. The number of rotatable bonds is 28. The van der Waals surface area contributed by atoms with E-state index < -0.39 is 123 Å². The van der Waals surface area contributed by atoms with Crippen molar-refractivity contribution < 1.29 is 172 Å². The summed E-state index contributed by atoms with van der Waals surface area (Å²) in [6.45, 7) is 25.0. The first-order valence-corrected chi connectivity index (χ1v) is 41.3. The summed E-state index contributed by atoms with van der Waals surface area (Å²) in [5, 5.41) is 125. The van der Waals surface area contributed by atoms with Crippen LogP contribution in [0, 0.1) is 11.8 Å². The SMILES string of the molecule is CC.CC(=O)NCCCCOC1OC(CO)C(O)C(O)C1O.CC(=O)OCC1OC(OC(C)=O)C(OC(C)=O)C(C)C1C.CCN(CC)CC.CO.C[O-].ClCCl.NCCCCOC1OC(CO)C(O)C(O)C1O.O=C(NCCCCO)OCC1c2ccccc2-c2ccccc21.O=C(O)c1ccccc1-c1c2ccc(=O)cc-2oc2cc(O)ccc12.[Na+]. The topological polar surface area (TPSA) is 535 Å². The third kappa shape index (κ3) is 39.3. The molecule has 37 heteroatoms. The zero-order valence-electron chi connectivity index (χ0n) is 72.8. The molecule has 16 N–H and O–H groups in total. The molecule has 123 heavy (non-hydrogen) atoms. The van der Waals surface area contributed by atoms with Crippen LogP contribution in [0.5, 0.6) is 5.75 Å². The Labute approximate surface area is 751 Å². The van der Waals surface area contributed by atoms with Crippen LogP contribution in [0.1, 0.15) is 142 Å². The first kappa shape index (κ1) is 116. The maximum atomic E-state index is 11.8. The summed E-state index contributed by atoms with van der Waals surface area (Å²) in [6, 6.07) is 32.2. The number of carboxylic acids is 1. The van der Waals surface area contributed by atoms with Crippen LogP contribution < -0.4 is 56.5 Å². The van der Waals surface area contributed by atoms with Crippen molar-refractivity contribution in [3.8, 4) is 39.3 Å². The molecule has 3 saturated heterocycles. The molecule has 4 aromatic rings. The van der Waals surface area contributed by atoms with Gasteiger partial charge in [0.25, 0.3) is 0 Å². The van der Waals surface area contributed by atoms with Crippen LogP contribution >= 0.6 is 23.2 Å². The number of hydrogen-bond donors (Lipinski definition) is 15. The quantitative estimate of drug-likeness (QED) is 0.00838. The number of alkyl carbamates (subject to hydrolysis) is 1. The van der Waals surface area contributed by atoms with Crippen LogP contribution in [0.4, 0.5) is 4.79 Å². The van der Waals surface area contributed by atoms with Gasteiger partial charge in [-0.25, -0.2) is 9.59 Å². The molecule has 6 aliphatic rings. The Kier molecular flexibility index (Phi) is 61.6. The van der Waals surface area contributed by atoms with Crippen LogP contribution in [0.2, 0.25) is 0 Å². The number of phenols is 1. The van der Waals surface area contributed by atoms with Crippen molar-refractivity contribution in [3.05, 3.63) is 136 Å². The number of carbonyl (C=O) groups is 6. The van der Waals surface area contributed by atoms with Gasteiger partial charge in [0.05, 0.1) is 30.2 Å². The van der Waals surface area contributed by atoms with Crippen molar-refractivity contribution in [3.63, 3.8) is 0 Å². The number of aliphatic hydroxyl groups is 10. The van der Waals surface area contributed by atoms with Gasteiger partial charge in [0.2, 0.25) is 12.2 Å². The normalized spacial score (nSPS) is 21.8. The Balaban J connectivity index is 0.00000145. The number of esters is 3. The number of amides is 2. The number of nitrogens with zero attached hydrogens (tertiary/aromatic N) is 1. The Morgan fingerprint density at radius 3 is 1.50 bits per heavy atom. The number of carboxylic acid groups (broad SMARTS) is 1. The maximum absolute atomic E-state index is 11.8. The number of nitrogens with one attached hydrogen (secondary N) is 2. The number of halogens is 2. The summed E-state index contributed by atoms with van der Waals surface area (Å²) in [6.07, 6.45) is -10.5. The molecule has 0 spiro atoms. The van der Waals surface area contributed by atoms with Crippen molar-refractivity contribution >= 4 is 70.0 Å². The van der Waals surface area contributed by atoms with E-state index in [4.69, 9.17) is 102 Å². The van der Waals surface area contributed by atoms with Gasteiger partial charge < -0.3 is 135 Å². The summed E-state index contributed by atoms with van der Waals surface area (Å²) >= 11 is 9.53. The number of hydrogen-bond acceptors (Lipinski definition) is 31. The third-order valence-corrected chi connectivity index (χ3v) is 19.0. The van der Waals surface area contributed by atoms with Gasteiger partial charge in [-0.3, -0.25) is 24.0 Å². The van der Waals surface area contributed by atoms with Crippen LogP contribution in [0.25, 0.3) is 44.5 Å². The molecule has 15 unspecified atom stereocenters. The number of alkyl halides is 2. The molecule has 10 rings (SSSR count). The second kappa shape index (κ2) is 65.4. The number of fused-ring (bicyclic) bond motifs is 5. The number of aromatic carboxylic acids is 1. The first-order valence-electron chi connectivity index (χ1n) is 40.3. The Morgan fingerprint density at radius 2 is 1.03 bits per heavy atom. The van der Waals surface area contributed by atoms with Crippen molar-refractivity contribution in [1.82, 2.24) is 15.5 Å². The van der Waals surface area contributed by atoms with E-state index in [-0.39, 0.29) is 95.1 Å². The molecule has 0 radical (unpaired) electrons. The van der Waals surface area contributed by atoms with E-state index in [1.54, 1.807) is 30.3 Å². The standard InChI is InChI=1S/C20H12O5.C19H21NO3.C14H22O7.C12H23NO7.C10H21NO6.C6H15N.C2H6.CH2Cl2.CH4O.CH3O.Na/c21-11-5-7-15-17(9-11)25-18-10-12(22)6-8-16(18)19(15)13-3-1-2-4-14(13)20(23)24;21-12-6-5-11-20-19(22)23-13-18-16-9-3-1-7-14(16)15-8-2-4-10-17(15)18;1-7-8(2)13(19-10(4)16)14(20-11(5)17)21-12(7)6-18-9(3)15;1-7(15)13-4-2-3-5-19-12-11(18)10(17)9(16)8(6-14)20-12;11-3-1-2-4-16-10-9(15)8(14)7(13)6(5-12)17-10;1-4-7(5-2)6-3;1-2;2-1-3;2*1-2;/h1-10,21H,(H,23,24);1-4,7-10,18,21H,5-6,11-13H2,(H,20,22);7-8,12-14H,6H2,1-5H3;8-12,14,16-18H,2-6H2,1H3,(H,13,15);6-10,12-15H,1-5,11H2;4-6H2,1-3H3;1-2H3;1H2;2H,1H3;1H3;/q;;;;;;;;;-1;+1. The first-order chi connectivity index (χ1) is 58.4. The predicted octanol–water partition coefficient (Wildman–Crippen LogP) is 2.95. The molecule has 4 aromatic carbocycles. The minimum Gasteiger partial charge on any atom is -0.857 e. The van der Waals surface area contributed by atoms with Gasteiger partial charge >= 0.3 is 59.5 Å². The average molecular weight is 1790 g/mol. The summed E-state index contributed by atoms with van der Waals surface area (Å²) in [5.41, 5.74) is 12.3. The molecule has 4 heterocycles. The summed E-state index contributed by atoms with van der Waals surface area (Å²) in [7, 11) is 1.75. The number of unbranched alkanes of at least 4 members (excludes halogenated alkanes) is 3. The predicted molar refractivity (Wildman–Crippen MR) is 455 cm³/mol. The van der Waals surface area contributed by atoms with Gasteiger partial charge in [-0.2, -0.15) is 7.11 Å². The number of aromatic hydroxyl groups is 1. The van der Waals surface area contributed by atoms with Crippen LogP contribution in [-0.4, -0.2) is 287 Å². The molecule has 2 amide bonds. The van der Waals surface area contributed by atoms with E-state index in [1.807, 2.05) is 52.0 Å². The van der Waals surface area contributed by atoms with Gasteiger partial charge in [0.15, 0.2) is 24.1 Å². The van der Waals surface area contributed by atoms with E-state index in [1.165, 1.54) is 99.9 Å². The number of nitrogens with two attached hydrogens (primary N) is 1. The Bertz CT molecular complexity index is 3910. The fourth-order valence-corrected chi connectivity index (χ4v) is 12.6. The van der Waals surface area contributed by atoms with Gasteiger partial charge in [0.1, 0.15) is 79.1 Å². The smallest absolute Gasteiger partial charge is 0.857 e. The van der Waals surface area contributed by atoms with Crippen molar-refractivity contribution in [2.45, 2.75) is 201 Å². The second-order valence-corrected chi connectivity index (χ2v) is 27.9. The zero-order valence-corrected chi connectivity index (χ0v) is 76.3. The Hall–Kier alpha value is -7.15. The van der Waals surface area contributed by atoms with Crippen molar-refractivity contribution in [2.24, 2.45) is 17.6 Å². The molecule has 0 bridgehead atoms. The summed E-state index contributed by atoms with van der Waals surface area (Å²) in [4.78, 5) is 81.5. The van der Waals surface area contributed by atoms with Gasteiger partial charge in [-0.15, -0.1) is 23.2 Å². The monoisotopic (exact) mass is 1790 g/mol. The molecule has 688 valence electrons. The van der Waals surface area contributed by atoms with Crippen LogP contribution in [0.15, 0.2) is 118 Å². The minimum atomic E-state index is -1.43. The minimum absolute atomic E-state index is 0. The molecular weight excluding hydrogens is 1660 g/mol. The van der Waals surface area contributed by atoms with E-state index in [0.717, 1.165) is 27.1 Å². The third-order valence-electron chi connectivity index (χ3n) is 19.0. The number of carbonyl (C=O) groups excluding carboxylic acids is 5.